The van der Waals surface area contributed by atoms with E-state index in [1.807, 2.05) is 18.2 Å². The molecule has 3 nitrogen and oxygen atoms in total. The fourth-order valence-electron chi connectivity index (χ4n) is 2.07. The van der Waals surface area contributed by atoms with Crippen molar-refractivity contribution >= 4 is 5.91 Å². The van der Waals surface area contributed by atoms with E-state index in [2.05, 4.69) is 5.32 Å². The summed E-state index contributed by atoms with van der Waals surface area (Å²) in [7, 11) is 0. The van der Waals surface area contributed by atoms with Gasteiger partial charge in [-0.2, -0.15) is 0 Å². The van der Waals surface area contributed by atoms with E-state index in [0.29, 0.717) is 5.56 Å². The minimum absolute atomic E-state index is 0.0311. The highest BCUT2D eigenvalue weighted by atomic mass is 16.3. The van der Waals surface area contributed by atoms with Crippen molar-refractivity contribution in [2.75, 3.05) is 6.61 Å². The van der Waals surface area contributed by atoms with Gasteiger partial charge in [-0.25, -0.2) is 0 Å². The normalized spacial score (nSPS) is 15.6. The summed E-state index contributed by atoms with van der Waals surface area (Å²) in [6.07, 6.45) is 3.39. The minimum atomic E-state index is -0.194. The molecule has 0 heterocycles. The van der Waals surface area contributed by atoms with E-state index in [9.17, 15) is 4.79 Å². The Kier molecular flexibility index (Phi) is 3.25. The number of hydrogen-bond donors (Lipinski definition) is 2. The lowest BCUT2D eigenvalue weighted by Crippen LogP contribution is -2.35. The Balaban J connectivity index is 2.12. The molecule has 3 heteroatoms. The predicted molar refractivity (Wildman–Crippen MR) is 62.5 cm³/mol. The van der Waals surface area contributed by atoms with Crippen molar-refractivity contribution in [3.63, 3.8) is 0 Å². The molecule has 0 saturated heterocycles. The number of benzene rings is 1. The van der Waals surface area contributed by atoms with Gasteiger partial charge in [-0.15, -0.1) is 0 Å². The molecule has 0 saturated carbocycles. The summed E-state index contributed by atoms with van der Waals surface area (Å²) in [6.45, 7) is 1.75. The van der Waals surface area contributed by atoms with Gasteiger partial charge < -0.3 is 10.4 Å². The molecule has 2 N–H and O–H groups in total. The Morgan fingerprint density at radius 1 is 1.44 bits per heavy atom. The number of carbonyl (C=O) groups excluding carboxylic acids is 1. The Morgan fingerprint density at radius 2 is 2.19 bits per heavy atom. The van der Waals surface area contributed by atoms with Crippen LogP contribution in [0.4, 0.5) is 0 Å². The van der Waals surface area contributed by atoms with Gasteiger partial charge in [0.05, 0.1) is 6.61 Å². The molecule has 0 aliphatic heterocycles. The molecular weight excluding hydrogens is 202 g/mol. The number of rotatable bonds is 3. The highest BCUT2D eigenvalue weighted by Crippen LogP contribution is 2.22. The van der Waals surface area contributed by atoms with Crippen LogP contribution in [0.5, 0.6) is 0 Å². The Bertz CT molecular complexity index is 401. The van der Waals surface area contributed by atoms with Gasteiger partial charge in [-0.3, -0.25) is 4.79 Å². The molecule has 2 rings (SSSR count). The molecule has 0 radical (unpaired) electrons. The highest BCUT2D eigenvalue weighted by molar-refractivity contribution is 5.94. The zero-order valence-electron chi connectivity index (χ0n) is 9.49. The second kappa shape index (κ2) is 4.66. The summed E-state index contributed by atoms with van der Waals surface area (Å²) in [5.41, 5.74) is 3.36. The number of aliphatic hydroxyl groups excluding tert-OH is 1. The lowest BCUT2D eigenvalue weighted by atomic mass is 10.1. The van der Waals surface area contributed by atoms with Crippen molar-refractivity contribution in [1.29, 1.82) is 0 Å². The second-order valence-electron chi connectivity index (χ2n) is 4.39. The van der Waals surface area contributed by atoms with E-state index < -0.39 is 0 Å². The van der Waals surface area contributed by atoms with Crippen LogP contribution in [0.3, 0.4) is 0 Å². The van der Waals surface area contributed by atoms with Crippen molar-refractivity contribution in [1.82, 2.24) is 5.32 Å². The van der Waals surface area contributed by atoms with Gasteiger partial charge in [0.15, 0.2) is 0 Å². The average molecular weight is 219 g/mol. The fourth-order valence-corrected chi connectivity index (χ4v) is 2.07. The maximum absolute atomic E-state index is 11.8. The number of carbonyl (C=O) groups is 1. The third-order valence-electron chi connectivity index (χ3n) is 3.01. The lowest BCUT2D eigenvalue weighted by molar-refractivity contribution is 0.0922. The molecule has 86 valence electrons. The first-order chi connectivity index (χ1) is 7.70. The van der Waals surface area contributed by atoms with Crippen LogP contribution in [0.25, 0.3) is 0 Å². The lowest BCUT2D eigenvalue weighted by Gasteiger charge is -2.11. The zero-order valence-corrected chi connectivity index (χ0v) is 9.49. The van der Waals surface area contributed by atoms with Crippen LogP contribution >= 0.6 is 0 Å². The van der Waals surface area contributed by atoms with E-state index in [1.165, 1.54) is 17.5 Å². The molecule has 16 heavy (non-hydrogen) atoms. The van der Waals surface area contributed by atoms with Gasteiger partial charge >= 0.3 is 0 Å². The standard InChI is InChI=1S/C13H17NO2/c1-9(8-15)14-13(16)12-6-5-10-3-2-4-11(10)7-12/h5-7,9,15H,2-4,8H2,1H3,(H,14,16). The SMILES string of the molecule is CC(CO)NC(=O)c1ccc2c(c1)CCC2. The summed E-state index contributed by atoms with van der Waals surface area (Å²) < 4.78 is 0. The van der Waals surface area contributed by atoms with Crippen molar-refractivity contribution in [3.05, 3.63) is 34.9 Å². The smallest absolute Gasteiger partial charge is 0.251 e. The summed E-state index contributed by atoms with van der Waals surface area (Å²) in [4.78, 5) is 11.8. The van der Waals surface area contributed by atoms with E-state index >= 15 is 0 Å². The summed E-state index contributed by atoms with van der Waals surface area (Å²) in [5, 5.41) is 11.6. The van der Waals surface area contributed by atoms with Crippen molar-refractivity contribution in [2.24, 2.45) is 0 Å². The van der Waals surface area contributed by atoms with Crippen molar-refractivity contribution in [3.8, 4) is 0 Å². The molecule has 0 spiro atoms. The van der Waals surface area contributed by atoms with Gasteiger partial charge in [-0.1, -0.05) is 6.07 Å². The van der Waals surface area contributed by atoms with Gasteiger partial charge in [0.2, 0.25) is 0 Å². The second-order valence-corrected chi connectivity index (χ2v) is 4.39. The molecule has 0 aromatic heterocycles. The molecule has 0 fully saturated rings. The third-order valence-corrected chi connectivity index (χ3v) is 3.01. The number of amides is 1. The maximum Gasteiger partial charge on any atom is 0.251 e. The molecule has 1 amide bonds. The van der Waals surface area contributed by atoms with E-state index in [0.717, 1.165) is 12.8 Å². The molecule has 1 aliphatic carbocycles. The van der Waals surface area contributed by atoms with E-state index in [-0.39, 0.29) is 18.6 Å². The van der Waals surface area contributed by atoms with Gasteiger partial charge in [0, 0.05) is 11.6 Å². The molecule has 1 unspecified atom stereocenters. The largest absolute Gasteiger partial charge is 0.394 e. The van der Waals surface area contributed by atoms with Crippen LogP contribution in [0, 0.1) is 0 Å². The number of aliphatic hydroxyl groups is 1. The van der Waals surface area contributed by atoms with E-state index in [4.69, 9.17) is 5.11 Å². The molecular formula is C13H17NO2. The predicted octanol–water partition coefficient (Wildman–Crippen LogP) is 1.29. The van der Waals surface area contributed by atoms with Crippen LogP contribution in [0.15, 0.2) is 18.2 Å². The number of aryl methyl sites for hydroxylation is 2. The Hall–Kier alpha value is -1.35. The van der Waals surface area contributed by atoms with Crippen molar-refractivity contribution in [2.45, 2.75) is 32.2 Å². The number of nitrogens with one attached hydrogen (secondary N) is 1. The van der Waals surface area contributed by atoms with E-state index in [1.54, 1.807) is 6.92 Å². The monoisotopic (exact) mass is 219 g/mol. The van der Waals surface area contributed by atoms with Crippen LogP contribution in [0.2, 0.25) is 0 Å². The number of hydrogen-bond acceptors (Lipinski definition) is 2. The average Bonchev–Trinajstić information content (AvgIpc) is 2.75. The first kappa shape index (κ1) is 11.1. The first-order valence-corrected chi connectivity index (χ1v) is 5.74. The zero-order chi connectivity index (χ0) is 11.5. The van der Waals surface area contributed by atoms with Crippen LogP contribution < -0.4 is 5.32 Å². The van der Waals surface area contributed by atoms with Crippen molar-refractivity contribution < 1.29 is 9.90 Å². The molecule has 1 aromatic rings. The highest BCUT2D eigenvalue weighted by Gasteiger charge is 2.14. The summed E-state index contributed by atoms with van der Waals surface area (Å²) in [5.74, 6) is -0.101. The van der Waals surface area contributed by atoms with Crippen LogP contribution in [-0.4, -0.2) is 23.7 Å². The topological polar surface area (TPSA) is 49.3 Å². The van der Waals surface area contributed by atoms with Crippen LogP contribution in [0.1, 0.15) is 34.8 Å². The quantitative estimate of drug-likeness (QED) is 0.804. The molecule has 1 atom stereocenters. The molecule has 0 bridgehead atoms. The van der Waals surface area contributed by atoms with Gasteiger partial charge in [0.1, 0.15) is 0 Å². The summed E-state index contributed by atoms with van der Waals surface area (Å²) in [6, 6.07) is 5.69. The Morgan fingerprint density at radius 3 is 2.94 bits per heavy atom. The fraction of sp³-hybridized carbons (Fsp3) is 0.462. The molecule has 1 aromatic carbocycles. The van der Waals surface area contributed by atoms with Gasteiger partial charge in [0.25, 0.3) is 5.91 Å². The van der Waals surface area contributed by atoms with Gasteiger partial charge in [-0.05, 0) is 49.4 Å². The third kappa shape index (κ3) is 2.25. The summed E-state index contributed by atoms with van der Waals surface area (Å²) >= 11 is 0. The first-order valence-electron chi connectivity index (χ1n) is 5.74. The minimum Gasteiger partial charge on any atom is -0.394 e. The van der Waals surface area contributed by atoms with Crippen LogP contribution in [-0.2, 0) is 12.8 Å². The Labute approximate surface area is 95.5 Å². The molecule has 1 aliphatic rings. The maximum atomic E-state index is 11.8. The number of fused-ring (bicyclic) bond motifs is 1.